The van der Waals surface area contributed by atoms with E-state index in [9.17, 15) is 18.0 Å². The fourth-order valence-electron chi connectivity index (χ4n) is 3.11. The molecule has 1 amide bonds. The summed E-state index contributed by atoms with van der Waals surface area (Å²) in [6.45, 7) is 1.76. The molecule has 4 rings (SSSR count). The third-order valence-electron chi connectivity index (χ3n) is 4.32. The van der Waals surface area contributed by atoms with Gasteiger partial charge in [0.25, 0.3) is 0 Å². The second kappa shape index (κ2) is 6.77. The monoisotopic (exact) mass is 389 g/mol. The van der Waals surface area contributed by atoms with E-state index in [1.54, 1.807) is 19.1 Å². The molecule has 1 aromatic heterocycles. The van der Waals surface area contributed by atoms with Crippen LogP contribution in [0, 0.1) is 24.4 Å². The topological polar surface area (TPSA) is 46.9 Å². The van der Waals surface area contributed by atoms with Crippen molar-refractivity contribution in [3.8, 4) is 5.69 Å². The van der Waals surface area contributed by atoms with Gasteiger partial charge in [0, 0.05) is 17.2 Å². The number of carbonyl (C=O) groups is 1. The number of hydrogen-bond donors (Lipinski definition) is 1. The van der Waals surface area contributed by atoms with Gasteiger partial charge in [-0.1, -0.05) is 6.07 Å². The quantitative estimate of drug-likeness (QED) is 0.708. The first-order valence-electron chi connectivity index (χ1n) is 8.16. The molecule has 27 heavy (non-hydrogen) atoms. The predicted octanol–water partition coefficient (Wildman–Crippen LogP) is 4.37. The zero-order valence-electron chi connectivity index (χ0n) is 14.2. The molecule has 0 aliphatic carbocycles. The minimum Gasteiger partial charge on any atom is -0.310 e. The Hall–Kier alpha value is -2.74. The summed E-state index contributed by atoms with van der Waals surface area (Å²) < 4.78 is 42.5. The van der Waals surface area contributed by atoms with Crippen molar-refractivity contribution in [2.75, 3.05) is 11.1 Å². The van der Waals surface area contributed by atoms with E-state index in [0.29, 0.717) is 22.8 Å². The van der Waals surface area contributed by atoms with E-state index in [0.717, 1.165) is 6.07 Å². The molecule has 0 saturated heterocycles. The highest BCUT2D eigenvalue weighted by Crippen LogP contribution is 2.44. The van der Waals surface area contributed by atoms with Crippen molar-refractivity contribution < 1.29 is 18.0 Å². The van der Waals surface area contributed by atoms with Crippen molar-refractivity contribution in [2.24, 2.45) is 0 Å². The lowest BCUT2D eigenvalue weighted by Gasteiger charge is -2.16. The molecule has 1 atom stereocenters. The van der Waals surface area contributed by atoms with E-state index < -0.39 is 16.9 Å². The van der Waals surface area contributed by atoms with Crippen LogP contribution in [0.3, 0.4) is 0 Å². The van der Waals surface area contributed by atoms with E-state index >= 15 is 0 Å². The van der Waals surface area contributed by atoms with E-state index in [1.807, 2.05) is 0 Å². The Bertz CT molecular complexity index is 1030. The van der Waals surface area contributed by atoms with Crippen molar-refractivity contribution in [3.63, 3.8) is 0 Å². The Labute approximate surface area is 157 Å². The van der Waals surface area contributed by atoms with E-state index in [-0.39, 0.29) is 23.0 Å². The molecule has 0 fully saturated rings. The van der Waals surface area contributed by atoms with Gasteiger partial charge in [-0.2, -0.15) is 5.10 Å². The van der Waals surface area contributed by atoms with Crippen LogP contribution in [0.25, 0.3) is 5.69 Å². The van der Waals surface area contributed by atoms with Crippen LogP contribution in [-0.2, 0) is 4.79 Å². The number of aryl methyl sites for hydroxylation is 1. The van der Waals surface area contributed by atoms with Gasteiger partial charge in [0.2, 0.25) is 5.91 Å². The second-order valence-electron chi connectivity index (χ2n) is 6.14. The summed E-state index contributed by atoms with van der Waals surface area (Å²) in [5.74, 6) is -1.47. The largest absolute Gasteiger partial charge is 0.310 e. The van der Waals surface area contributed by atoms with Gasteiger partial charge in [-0.3, -0.25) is 4.79 Å². The highest BCUT2D eigenvalue weighted by atomic mass is 32.2. The number of anilines is 1. The SMILES string of the molecule is Cc1nn(-c2ccc(F)cc2)c2c1[C@H](c1ccc(F)cc1F)SCC(=O)N2. The molecule has 138 valence electrons. The third kappa shape index (κ3) is 3.21. The van der Waals surface area contributed by atoms with E-state index in [4.69, 9.17) is 0 Å². The number of fused-ring (bicyclic) bond motifs is 1. The average Bonchev–Trinajstić information content (AvgIpc) is 2.83. The van der Waals surface area contributed by atoms with Crippen LogP contribution in [0.2, 0.25) is 0 Å². The highest BCUT2D eigenvalue weighted by molar-refractivity contribution is 8.00. The molecule has 3 aromatic rings. The van der Waals surface area contributed by atoms with Crippen LogP contribution in [-0.4, -0.2) is 21.4 Å². The van der Waals surface area contributed by atoms with Crippen molar-refractivity contribution in [1.82, 2.24) is 9.78 Å². The van der Waals surface area contributed by atoms with Crippen LogP contribution in [0.1, 0.15) is 22.1 Å². The van der Waals surface area contributed by atoms with Gasteiger partial charge >= 0.3 is 0 Å². The fourth-order valence-corrected chi connectivity index (χ4v) is 4.32. The number of benzene rings is 2. The highest BCUT2D eigenvalue weighted by Gasteiger charge is 2.32. The number of carbonyl (C=O) groups excluding carboxylic acids is 1. The molecule has 2 aromatic carbocycles. The Balaban J connectivity index is 1.90. The Morgan fingerprint density at radius 1 is 1.11 bits per heavy atom. The maximum atomic E-state index is 14.4. The second-order valence-corrected chi connectivity index (χ2v) is 7.23. The molecule has 2 heterocycles. The van der Waals surface area contributed by atoms with E-state index in [2.05, 4.69) is 10.4 Å². The number of amides is 1. The number of halogens is 3. The van der Waals surface area contributed by atoms with Crippen molar-refractivity contribution in [1.29, 1.82) is 0 Å². The van der Waals surface area contributed by atoms with Crippen LogP contribution < -0.4 is 5.32 Å². The molecular formula is C19H14F3N3OS. The van der Waals surface area contributed by atoms with Crippen molar-refractivity contribution >= 4 is 23.5 Å². The van der Waals surface area contributed by atoms with Gasteiger partial charge in [0.1, 0.15) is 23.3 Å². The van der Waals surface area contributed by atoms with E-state index in [1.165, 1.54) is 40.7 Å². The Morgan fingerprint density at radius 3 is 2.52 bits per heavy atom. The summed E-state index contributed by atoms with van der Waals surface area (Å²) in [7, 11) is 0. The van der Waals surface area contributed by atoms with Crippen LogP contribution >= 0.6 is 11.8 Å². The molecule has 0 unspecified atom stereocenters. The number of thioether (sulfide) groups is 1. The third-order valence-corrected chi connectivity index (χ3v) is 5.58. The summed E-state index contributed by atoms with van der Waals surface area (Å²) in [4.78, 5) is 12.2. The zero-order chi connectivity index (χ0) is 19.1. The molecule has 0 spiro atoms. The van der Waals surface area contributed by atoms with Gasteiger partial charge in [0.05, 0.1) is 22.4 Å². The first kappa shape index (κ1) is 17.7. The molecule has 0 bridgehead atoms. The van der Waals surface area contributed by atoms with Crippen LogP contribution in [0.15, 0.2) is 42.5 Å². The number of nitrogens with one attached hydrogen (secondary N) is 1. The number of aromatic nitrogens is 2. The number of nitrogens with zero attached hydrogens (tertiary/aromatic N) is 2. The maximum absolute atomic E-state index is 14.4. The summed E-state index contributed by atoms with van der Waals surface area (Å²) in [5, 5.41) is 6.73. The lowest BCUT2D eigenvalue weighted by molar-refractivity contribution is -0.113. The average molecular weight is 389 g/mol. The first-order valence-corrected chi connectivity index (χ1v) is 9.21. The minimum absolute atomic E-state index is 0.110. The predicted molar refractivity (Wildman–Crippen MR) is 97.5 cm³/mol. The van der Waals surface area contributed by atoms with Gasteiger partial charge < -0.3 is 5.32 Å². The van der Waals surface area contributed by atoms with Crippen LogP contribution in [0.4, 0.5) is 19.0 Å². The standard InChI is InChI=1S/C19H14F3N3OS/c1-10-17-18(14-7-4-12(21)8-15(14)22)27-9-16(26)23-19(17)25(24-10)13-5-2-11(20)3-6-13/h2-8,18H,9H2,1H3,(H,23,26)/t18-/m0/s1. The zero-order valence-corrected chi connectivity index (χ0v) is 15.0. The molecule has 0 radical (unpaired) electrons. The number of rotatable bonds is 2. The fraction of sp³-hybridized carbons (Fsp3) is 0.158. The van der Waals surface area contributed by atoms with Crippen LogP contribution in [0.5, 0.6) is 0 Å². The van der Waals surface area contributed by atoms with Gasteiger partial charge in [-0.15, -0.1) is 11.8 Å². The molecule has 8 heteroatoms. The normalized spacial score (nSPS) is 16.6. The lowest BCUT2D eigenvalue weighted by Crippen LogP contribution is -2.15. The summed E-state index contributed by atoms with van der Waals surface area (Å²) >= 11 is 1.25. The molecule has 1 aliphatic rings. The summed E-state index contributed by atoms with van der Waals surface area (Å²) in [6.07, 6.45) is 0. The maximum Gasteiger partial charge on any atom is 0.235 e. The molecule has 1 N–H and O–H groups in total. The Morgan fingerprint density at radius 2 is 1.81 bits per heavy atom. The summed E-state index contributed by atoms with van der Waals surface area (Å²) in [5.41, 5.74) is 2.07. The first-order chi connectivity index (χ1) is 12.9. The molecule has 1 aliphatic heterocycles. The molecule has 4 nitrogen and oxygen atoms in total. The van der Waals surface area contributed by atoms with Crippen molar-refractivity contribution in [3.05, 3.63) is 76.7 Å². The van der Waals surface area contributed by atoms with Gasteiger partial charge in [-0.25, -0.2) is 17.9 Å². The smallest absolute Gasteiger partial charge is 0.235 e. The molecular weight excluding hydrogens is 375 g/mol. The lowest BCUT2D eigenvalue weighted by atomic mass is 10.0. The molecule has 0 saturated carbocycles. The Kier molecular flexibility index (Phi) is 4.43. The number of hydrogen-bond acceptors (Lipinski definition) is 3. The van der Waals surface area contributed by atoms with Crippen molar-refractivity contribution in [2.45, 2.75) is 12.2 Å². The summed E-state index contributed by atoms with van der Waals surface area (Å²) in [6, 6.07) is 9.08. The van der Waals surface area contributed by atoms with Gasteiger partial charge in [0.15, 0.2) is 0 Å². The van der Waals surface area contributed by atoms with Gasteiger partial charge in [-0.05, 0) is 37.3 Å². The minimum atomic E-state index is -0.679.